The molecule has 0 aliphatic heterocycles. The van der Waals surface area contributed by atoms with Gasteiger partial charge in [-0.1, -0.05) is 43.3 Å². The molecule has 0 amide bonds. The second-order valence-corrected chi connectivity index (χ2v) is 5.31. The molecule has 1 heterocycles. The quantitative estimate of drug-likeness (QED) is 0.755. The zero-order valence-corrected chi connectivity index (χ0v) is 12.5. The van der Waals surface area contributed by atoms with Crippen LogP contribution in [-0.2, 0) is 0 Å². The summed E-state index contributed by atoms with van der Waals surface area (Å²) in [4.78, 5) is 4.37. The van der Waals surface area contributed by atoms with Gasteiger partial charge in [0.1, 0.15) is 0 Å². The first-order valence-corrected chi connectivity index (χ1v) is 7.46. The van der Waals surface area contributed by atoms with Crippen molar-refractivity contribution in [3.05, 3.63) is 66.4 Å². The lowest BCUT2D eigenvalue weighted by atomic mass is 10.00. The molecule has 1 atom stereocenters. The van der Waals surface area contributed by atoms with Gasteiger partial charge in [-0.2, -0.15) is 0 Å². The van der Waals surface area contributed by atoms with Gasteiger partial charge in [-0.25, -0.2) is 0 Å². The summed E-state index contributed by atoms with van der Waals surface area (Å²) in [5, 5.41) is 4.62. The average molecular weight is 276 g/mol. The maximum Gasteiger partial charge on any atom is 0.0702 e. The summed E-state index contributed by atoms with van der Waals surface area (Å²) in [6.07, 6.45) is 1.83. The van der Waals surface area contributed by atoms with Crippen LogP contribution in [0.1, 0.15) is 25.5 Å². The molecule has 3 aromatic rings. The molecule has 2 nitrogen and oxygen atoms in total. The molecule has 1 aromatic heterocycles. The van der Waals surface area contributed by atoms with Crippen LogP contribution >= 0.6 is 0 Å². The van der Waals surface area contributed by atoms with Gasteiger partial charge in [-0.05, 0) is 48.4 Å². The van der Waals surface area contributed by atoms with Crippen LogP contribution in [0.5, 0.6) is 0 Å². The minimum atomic E-state index is 0.393. The minimum Gasteiger partial charge on any atom is -0.310 e. The van der Waals surface area contributed by atoms with Gasteiger partial charge in [0.15, 0.2) is 0 Å². The lowest BCUT2D eigenvalue weighted by Gasteiger charge is -2.13. The molecular formula is C19H20N2. The van der Waals surface area contributed by atoms with Crippen LogP contribution in [-0.4, -0.2) is 11.5 Å². The molecule has 0 saturated carbocycles. The van der Waals surface area contributed by atoms with Crippen LogP contribution < -0.4 is 5.32 Å². The van der Waals surface area contributed by atoms with E-state index in [1.165, 1.54) is 22.1 Å². The molecule has 0 aliphatic carbocycles. The van der Waals surface area contributed by atoms with E-state index in [1.54, 1.807) is 0 Å². The Morgan fingerprint density at radius 2 is 1.76 bits per heavy atom. The van der Waals surface area contributed by atoms with E-state index in [0.717, 1.165) is 12.1 Å². The average Bonchev–Trinajstić information content (AvgIpc) is 2.55. The molecule has 2 aromatic carbocycles. The molecule has 1 N–H and O–H groups in total. The maximum absolute atomic E-state index is 4.37. The molecule has 2 heteroatoms. The largest absolute Gasteiger partial charge is 0.310 e. The van der Waals surface area contributed by atoms with Crippen LogP contribution in [0.25, 0.3) is 22.0 Å². The molecule has 1 unspecified atom stereocenters. The molecule has 0 saturated heterocycles. The van der Waals surface area contributed by atoms with Crippen LogP contribution in [0.4, 0.5) is 0 Å². The van der Waals surface area contributed by atoms with Crippen molar-refractivity contribution < 1.29 is 0 Å². The zero-order chi connectivity index (χ0) is 14.7. The number of aromatic nitrogens is 1. The van der Waals surface area contributed by atoms with Crippen molar-refractivity contribution in [1.82, 2.24) is 10.3 Å². The Labute approximate surface area is 125 Å². The molecule has 21 heavy (non-hydrogen) atoms. The first-order chi connectivity index (χ1) is 10.3. The number of rotatable bonds is 4. The minimum absolute atomic E-state index is 0.393. The standard InChI is InChI=1S/C19H20N2/c1-3-20-14(2)15-6-8-16(9-7-15)17-10-11-19-18(13-17)5-4-12-21-19/h4-14,20H,3H2,1-2H3. The Hall–Kier alpha value is -2.19. The molecule has 0 radical (unpaired) electrons. The highest BCUT2D eigenvalue weighted by Gasteiger charge is 2.04. The van der Waals surface area contributed by atoms with Crippen LogP contribution in [0.2, 0.25) is 0 Å². The third kappa shape index (κ3) is 2.96. The molecule has 106 valence electrons. The van der Waals surface area contributed by atoms with Crippen molar-refractivity contribution in [2.75, 3.05) is 6.54 Å². The van der Waals surface area contributed by atoms with Gasteiger partial charge in [0, 0.05) is 17.6 Å². The van der Waals surface area contributed by atoms with E-state index in [2.05, 4.69) is 72.7 Å². The lowest BCUT2D eigenvalue weighted by Crippen LogP contribution is -2.17. The summed E-state index contributed by atoms with van der Waals surface area (Å²) in [5.41, 5.74) is 4.84. The number of pyridine rings is 1. The van der Waals surface area contributed by atoms with Crippen LogP contribution in [0.15, 0.2) is 60.8 Å². The van der Waals surface area contributed by atoms with E-state index < -0.39 is 0 Å². The van der Waals surface area contributed by atoms with Crippen molar-refractivity contribution in [2.24, 2.45) is 0 Å². The van der Waals surface area contributed by atoms with E-state index in [4.69, 9.17) is 0 Å². The van der Waals surface area contributed by atoms with E-state index in [9.17, 15) is 0 Å². The Balaban J connectivity index is 1.91. The van der Waals surface area contributed by atoms with Gasteiger partial charge in [0.2, 0.25) is 0 Å². The predicted molar refractivity (Wildman–Crippen MR) is 89.3 cm³/mol. The number of fused-ring (bicyclic) bond motifs is 1. The van der Waals surface area contributed by atoms with Crippen molar-refractivity contribution in [3.63, 3.8) is 0 Å². The number of nitrogens with one attached hydrogen (secondary N) is 1. The van der Waals surface area contributed by atoms with Crippen molar-refractivity contribution in [3.8, 4) is 11.1 Å². The van der Waals surface area contributed by atoms with Gasteiger partial charge in [0.25, 0.3) is 0 Å². The third-order valence-electron chi connectivity index (χ3n) is 3.86. The third-order valence-corrected chi connectivity index (χ3v) is 3.86. The van der Waals surface area contributed by atoms with Crippen molar-refractivity contribution in [2.45, 2.75) is 19.9 Å². The monoisotopic (exact) mass is 276 g/mol. The Morgan fingerprint density at radius 3 is 2.52 bits per heavy atom. The van der Waals surface area contributed by atoms with Gasteiger partial charge in [-0.15, -0.1) is 0 Å². The predicted octanol–water partition coefficient (Wildman–Crippen LogP) is 4.57. The van der Waals surface area contributed by atoms with E-state index in [0.29, 0.717) is 6.04 Å². The zero-order valence-electron chi connectivity index (χ0n) is 12.5. The Morgan fingerprint density at radius 1 is 1.00 bits per heavy atom. The van der Waals surface area contributed by atoms with Gasteiger partial charge < -0.3 is 5.32 Å². The van der Waals surface area contributed by atoms with E-state index >= 15 is 0 Å². The molecule has 0 spiro atoms. The fourth-order valence-electron chi connectivity index (χ4n) is 2.64. The van der Waals surface area contributed by atoms with Gasteiger partial charge in [0.05, 0.1) is 5.52 Å². The van der Waals surface area contributed by atoms with E-state index in [1.807, 2.05) is 12.3 Å². The highest BCUT2D eigenvalue weighted by atomic mass is 14.9. The fourth-order valence-corrected chi connectivity index (χ4v) is 2.64. The van der Waals surface area contributed by atoms with E-state index in [-0.39, 0.29) is 0 Å². The SMILES string of the molecule is CCNC(C)c1ccc(-c2ccc3ncccc3c2)cc1. The Bertz CT molecular complexity index is 732. The summed E-state index contributed by atoms with van der Waals surface area (Å²) in [6.45, 7) is 5.31. The summed E-state index contributed by atoms with van der Waals surface area (Å²) in [5.74, 6) is 0. The summed E-state index contributed by atoms with van der Waals surface area (Å²) >= 11 is 0. The fraction of sp³-hybridized carbons (Fsp3) is 0.211. The van der Waals surface area contributed by atoms with Crippen LogP contribution in [0, 0.1) is 0 Å². The number of benzene rings is 2. The highest BCUT2D eigenvalue weighted by Crippen LogP contribution is 2.25. The topological polar surface area (TPSA) is 24.9 Å². The summed E-state index contributed by atoms with van der Waals surface area (Å²) in [7, 11) is 0. The molecule has 0 bridgehead atoms. The summed E-state index contributed by atoms with van der Waals surface area (Å²) in [6, 6.07) is 19.7. The number of hydrogen-bond donors (Lipinski definition) is 1. The van der Waals surface area contributed by atoms with Crippen LogP contribution in [0.3, 0.4) is 0 Å². The second-order valence-electron chi connectivity index (χ2n) is 5.31. The molecule has 3 rings (SSSR count). The first kappa shape index (κ1) is 13.8. The maximum atomic E-state index is 4.37. The smallest absolute Gasteiger partial charge is 0.0702 e. The molecule has 0 fully saturated rings. The normalized spacial score (nSPS) is 12.5. The summed E-state index contributed by atoms with van der Waals surface area (Å²) < 4.78 is 0. The van der Waals surface area contributed by atoms with Gasteiger partial charge in [-0.3, -0.25) is 4.98 Å². The van der Waals surface area contributed by atoms with Crippen molar-refractivity contribution >= 4 is 10.9 Å². The Kier molecular flexibility index (Phi) is 3.98. The number of nitrogens with zero attached hydrogens (tertiary/aromatic N) is 1. The molecular weight excluding hydrogens is 256 g/mol. The highest BCUT2D eigenvalue weighted by molar-refractivity contribution is 5.84. The van der Waals surface area contributed by atoms with Gasteiger partial charge >= 0.3 is 0 Å². The lowest BCUT2D eigenvalue weighted by molar-refractivity contribution is 0.598. The van der Waals surface area contributed by atoms with Crippen molar-refractivity contribution in [1.29, 1.82) is 0 Å². The second kappa shape index (κ2) is 6.06. The molecule has 0 aliphatic rings. The first-order valence-electron chi connectivity index (χ1n) is 7.46. The number of hydrogen-bond acceptors (Lipinski definition) is 2.